The van der Waals surface area contributed by atoms with Gasteiger partial charge in [-0.15, -0.1) is 0 Å². The van der Waals surface area contributed by atoms with Gasteiger partial charge in [0, 0.05) is 11.1 Å². The lowest BCUT2D eigenvalue weighted by Gasteiger charge is -2.11. The Balaban J connectivity index is 1.91. The molecule has 0 amide bonds. The molecule has 124 valence electrons. The monoisotopic (exact) mass is 324 g/mol. The summed E-state index contributed by atoms with van der Waals surface area (Å²) in [6.45, 7) is 7.06. The Kier molecular flexibility index (Phi) is 4.79. The van der Waals surface area contributed by atoms with Gasteiger partial charge in [0.2, 0.25) is 5.82 Å². The fraction of sp³-hybridized carbons (Fsp3) is 0.263. The van der Waals surface area contributed by atoms with Crippen molar-refractivity contribution < 1.29 is 14.0 Å². The highest BCUT2D eigenvalue weighted by molar-refractivity contribution is 5.63. The minimum absolute atomic E-state index is 0.453. The fourth-order valence-corrected chi connectivity index (χ4v) is 2.34. The lowest BCUT2D eigenvalue weighted by atomic mass is 10.1. The molecule has 5 nitrogen and oxygen atoms in total. The van der Waals surface area contributed by atoms with Crippen LogP contribution in [0.5, 0.6) is 11.5 Å². The van der Waals surface area contributed by atoms with Gasteiger partial charge in [0.1, 0.15) is 0 Å². The summed E-state index contributed by atoms with van der Waals surface area (Å²) in [6, 6.07) is 13.6. The van der Waals surface area contributed by atoms with Crippen molar-refractivity contribution in [3.8, 4) is 34.3 Å². The zero-order valence-electron chi connectivity index (χ0n) is 14.1. The van der Waals surface area contributed by atoms with E-state index in [1.165, 1.54) is 5.56 Å². The molecule has 0 aliphatic heterocycles. The SMILES string of the molecule is CCOc1ccc(-c2nc(-c3ccc(C)cc3)no2)cc1OCC. The first-order chi connectivity index (χ1) is 11.7. The molecule has 0 fully saturated rings. The van der Waals surface area contributed by atoms with E-state index in [1.54, 1.807) is 0 Å². The molecule has 0 bridgehead atoms. The van der Waals surface area contributed by atoms with Crippen molar-refractivity contribution in [2.75, 3.05) is 13.2 Å². The second-order valence-corrected chi connectivity index (χ2v) is 5.32. The van der Waals surface area contributed by atoms with E-state index in [-0.39, 0.29) is 0 Å². The van der Waals surface area contributed by atoms with Gasteiger partial charge in [-0.3, -0.25) is 0 Å². The minimum Gasteiger partial charge on any atom is -0.490 e. The smallest absolute Gasteiger partial charge is 0.258 e. The zero-order valence-corrected chi connectivity index (χ0v) is 14.1. The van der Waals surface area contributed by atoms with Crippen LogP contribution in [0.25, 0.3) is 22.8 Å². The minimum atomic E-state index is 0.453. The highest BCUT2D eigenvalue weighted by Gasteiger charge is 2.14. The molecule has 24 heavy (non-hydrogen) atoms. The van der Waals surface area contributed by atoms with Gasteiger partial charge in [-0.2, -0.15) is 4.98 Å². The van der Waals surface area contributed by atoms with Crippen LogP contribution in [-0.4, -0.2) is 23.4 Å². The van der Waals surface area contributed by atoms with E-state index >= 15 is 0 Å². The van der Waals surface area contributed by atoms with Gasteiger partial charge >= 0.3 is 0 Å². The molecule has 0 radical (unpaired) electrons. The van der Waals surface area contributed by atoms with Crippen LogP contribution < -0.4 is 9.47 Å². The van der Waals surface area contributed by atoms with Crippen molar-refractivity contribution in [2.24, 2.45) is 0 Å². The standard InChI is InChI=1S/C19H20N2O3/c1-4-22-16-11-10-15(12-17(16)23-5-2)19-20-18(21-24-19)14-8-6-13(3)7-9-14/h6-12H,4-5H2,1-3H3. The van der Waals surface area contributed by atoms with Crippen molar-refractivity contribution in [2.45, 2.75) is 20.8 Å². The van der Waals surface area contributed by atoms with Gasteiger partial charge in [-0.05, 0) is 39.0 Å². The van der Waals surface area contributed by atoms with Crippen molar-refractivity contribution in [3.63, 3.8) is 0 Å². The largest absolute Gasteiger partial charge is 0.490 e. The molecular formula is C19H20N2O3. The maximum Gasteiger partial charge on any atom is 0.258 e. The molecule has 0 spiro atoms. The zero-order chi connectivity index (χ0) is 16.9. The number of ether oxygens (including phenoxy) is 2. The maximum absolute atomic E-state index is 5.64. The third-order valence-electron chi connectivity index (χ3n) is 3.53. The Morgan fingerprint density at radius 2 is 1.54 bits per heavy atom. The highest BCUT2D eigenvalue weighted by Crippen LogP contribution is 2.33. The van der Waals surface area contributed by atoms with E-state index in [4.69, 9.17) is 14.0 Å². The van der Waals surface area contributed by atoms with Gasteiger partial charge in [0.15, 0.2) is 11.5 Å². The number of nitrogens with zero attached hydrogens (tertiary/aromatic N) is 2. The average molecular weight is 324 g/mol. The number of hydrogen-bond donors (Lipinski definition) is 0. The first kappa shape index (κ1) is 16.1. The predicted octanol–water partition coefficient (Wildman–Crippen LogP) is 4.51. The number of aryl methyl sites for hydroxylation is 1. The van der Waals surface area contributed by atoms with Gasteiger partial charge in [0.25, 0.3) is 5.89 Å². The molecule has 2 aromatic carbocycles. The van der Waals surface area contributed by atoms with E-state index in [1.807, 2.05) is 63.2 Å². The Hall–Kier alpha value is -2.82. The average Bonchev–Trinajstić information content (AvgIpc) is 3.07. The van der Waals surface area contributed by atoms with Crippen molar-refractivity contribution in [1.82, 2.24) is 10.1 Å². The van der Waals surface area contributed by atoms with Crippen LogP contribution >= 0.6 is 0 Å². The van der Waals surface area contributed by atoms with Crippen LogP contribution in [0.2, 0.25) is 0 Å². The molecule has 3 rings (SSSR count). The molecule has 0 atom stereocenters. The van der Waals surface area contributed by atoms with E-state index < -0.39 is 0 Å². The maximum atomic E-state index is 5.64. The lowest BCUT2D eigenvalue weighted by Crippen LogP contribution is -1.98. The summed E-state index contributed by atoms with van der Waals surface area (Å²) in [4.78, 5) is 4.48. The molecule has 0 saturated heterocycles. The fourth-order valence-electron chi connectivity index (χ4n) is 2.34. The van der Waals surface area contributed by atoms with Crippen molar-refractivity contribution in [1.29, 1.82) is 0 Å². The summed E-state index contributed by atoms with van der Waals surface area (Å²) in [7, 11) is 0. The Labute approximate surface area is 141 Å². The van der Waals surface area contributed by atoms with E-state index in [0.717, 1.165) is 11.1 Å². The second-order valence-electron chi connectivity index (χ2n) is 5.32. The van der Waals surface area contributed by atoms with Gasteiger partial charge in [-0.1, -0.05) is 35.0 Å². The van der Waals surface area contributed by atoms with E-state index in [9.17, 15) is 0 Å². The Morgan fingerprint density at radius 1 is 0.875 bits per heavy atom. The van der Waals surface area contributed by atoms with E-state index in [0.29, 0.717) is 36.4 Å². The van der Waals surface area contributed by atoms with Gasteiger partial charge < -0.3 is 14.0 Å². The third kappa shape index (κ3) is 3.40. The highest BCUT2D eigenvalue weighted by atomic mass is 16.5. The van der Waals surface area contributed by atoms with Crippen molar-refractivity contribution >= 4 is 0 Å². The molecule has 0 aliphatic carbocycles. The van der Waals surface area contributed by atoms with Crippen LogP contribution in [0.3, 0.4) is 0 Å². The summed E-state index contributed by atoms with van der Waals surface area (Å²) < 4.78 is 16.6. The van der Waals surface area contributed by atoms with Crippen molar-refractivity contribution in [3.05, 3.63) is 48.0 Å². The van der Waals surface area contributed by atoms with Gasteiger partial charge in [0.05, 0.1) is 13.2 Å². The summed E-state index contributed by atoms with van der Waals surface area (Å²) in [6.07, 6.45) is 0. The second kappa shape index (κ2) is 7.17. The predicted molar refractivity (Wildman–Crippen MR) is 92.2 cm³/mol. The first-order valence-corrected chi connectivity index (χ1v) is 8.02. The molecule has 5 heteroatoms. The summed E-state index contributed by atoms with van der Waals surface area (Å²) in [5.74, 6) is 2.40. The molecule has 3 aromatic rings. The molecule has 0 unspecified atom stereocenters. The van der Waals surface area contributed by atoms with Crippen LogP contribution in [0.1, 0.15) is 19.4 Å². The third-order valence-corrected chi connectivity index (χ3v) is 3.53. The molecular weight excluding hydrogens is 304 g/mol. The van der Waals surface area contributed by atoms with Crippen LogP contribution in [-0.2, 0) is 0 Å². The lowest BCUT2D eigenvalue weighted by molar-refractivity contribution is 0.288. The van der Waals surface area contributed by atoms with E-state index in [2.05, 4.69) is 10.1 Å². The summed E-state index contributed by atoms with van der Waals surface area (Å²) in [5, 5.41) is 4.07. The Morgan fingerprint density at radius 3 is 2.25 bits per heavy atom. The molecule has 0 saturated carbocycles. The molecule has 1 aromatic heterocycles. The number of aromatic nitrogens is 2. The Bertz CT molecular complexity index is 810. The van der Waals surface area contributed by atoms with Crippen LogP contribution in [0, 0.1) is 6.92 Å². The van der Waals surface area contributed by atoms with Crippen LogP contribution in [0.15, 0.2) is 47.0 Å². The quantitative estimate of drug-likeness (QED) is 0.667. The topological polar surface area (TPSA) is 57.4 Å². The number of hydrogen-bond acceptors (Lipinski definition) is 5. The number of benzene rings is 2. The normalized spacial score (nSPS) is 10.6. The molecule has 1 heterocycles. The summed E-state index contributed by atoms with van der Waals surface area (Å²) >= 11 is 0. The molecule has 0 N–H and O–H groups in total. The molecule has 0 aliphatic rings. The van der Waals surface area contributed by atoms with Crippen LogP contribution in [0.4, 0.5) is 0 Å². The summed E-state index contributed by atoms with van der Waals surface area (Å²) in [5.41, 5.74) is 2.91. The first-order valence-electron chi connectivity index (χ1n) is 8.02. The van der Waals surface area contributed by atoms with Gasteiger partial charge in [-0.25, -0.2) is 0 Å². The number of rotatable bonds is 6.